The first-order chi connectivity index (χ1) is 8.63. The summed E-state index contributed by atoms with van der Waals surface area (Å²) < 4.78 is 5.01. The number of benzene rings is 1. The average molecular weight is 250 g/mol. The third-order valence-electron chi connectivity index (χ3n) is 2.97. The fraction of sp³-hybridized carbons (Fsp3) is 0.600. The van der Waals surface area contributed by atoms with Gasteiger partial charge >= 0.3 is 0 Å². The molecule has 0 saturated heterocycles. The lowest BCUT2D eigenvalue weighted by atomic mass is 10.1. The highest BCUT2D eigenvalue weighted by Crippen LogP contribution is 2.16. The molecule has 0 aliphatic carbocycles. The molecular weight excluding hydrogens is 224 g/mol. The lowest BCUT2D eigenvalue weighted by molar-refractivity contribution is 0.194. The van der Waals surface area contributed by atoms with Crippen molar-refractivity contribution < 1.29 is 4.74 Å². The Balaban J connectivity index is 2.29. The third-order valence-corrected chi connectivity index (χ3v) is 2.97. The molecule has 102 valence electrons. The number of methoxy groups -OCH3 is 1. The van der Waals surface area contributed by atoms with Crippen molar-refractivity contribution in [3.63, 3.8) is 0 Å². The molecule has 1 rings (SSSR count). The molecule has 0 heterocycles. The predicted octanol–water partition coefficient (Wildman–Crippen LogP) is 2.37. The van der Waals surface area contributed by atoms with Gasteiger partial charge in [0.25, 0.3) is 0 Å². The summed E-state index contributed by atoms with van der Waals surface area (Å²) in [6.07, 6.45) is 1.07. The lowest BCUT2D eigenvalue weighted by Crippen LogP contribution is -2.30. The maximum Gasteiger partial charge on any atom is 0.0474 e. The van der Waals surface area contributed by atoms with Crippen LogP contribution in [0.4, 0.5) is 5.69 Å². The van der Waals surface area contributed by atoms with Crippen molar-refractivity contribution in [3.8, 4) is 0 Å². The van der Waals surface area contributed by atoms with Gasteiger partial charge in [-0.25, -0.2) is 0 Å². The second-order valence-electron chi connectivity index (χ2n) is 4.86. The van der Waals surface area contributed by atoms with Crippen LogP contribution in [0.25, 0.3) is 0 Å². The number of hydrogen-bond acceptors (Lipinski definition) is 3. The summed E-state index contributed by atoms with van der Waals surface area (Å²) in [6, 6.07) is 6.68. The molecule has 1 N–H and O–H groups in total. The molecule has 0 saturated carbocycles. The van der Waals surface area contributed by atoms with E-state index in [4.69, 9.17) is 4.74 Å². The molecule has 0 spiro atoms. The third kappa shape index (κ3) is 5.52. The fourth-order valence-electron chi connectivity index (χ4n) is 2.01. The number of aryl methyl sites for hydroxylation is 2. The van der Waals surface area contributed by atoms with Crippen LogP contribution in [0.2, 0.25) is 0 Å². The molecule has 18 heavy (non-hydrogen) atoms. The van der Waals surface area contributed by atoms with Gasteiger partial charge in [0.05, 0.1) is 0 Å². The summed E-state index contributed by atoms with van der Waals surface area (Å²) in [4.78, 5) is 2.29. The lowest BCUT2D eigenvalue weighted by Gasteiger charge is -2.20. The predicted molar refractivity (Wildman–Crippen MR) is 78.5 cm³/mol. The van der Waals surface area contributed by atoms with E-state index in [9.17, 15) is 0 Å². The van der Waals surface area contributed by atoms with Gasteiger partial charge in [0.2, 0.25) is 0 Å². The number of hydrogen-bond donors (Lipinski definition) is 1. The smallest absolute Gasteiger partial charge is 0.0474 e. The number of anilines is 1. The molecule has 1 aromatic rings. The Labute approximate surface area is 111 Å². The van der Waals surface area contributed by atoms with Crippen LogP contribution in [0.3, 0.4) is 0 Å². The molecule has 0 atom stereocenters. The molecule has 0 fully saturated rings. The zero-order chi connectivity index (χ0) is 13.4. The van der Waals surface area contributed by atoms with Crippen LogP contribution in [0.15, 0.2) is 18.2 Å². The standard InChI is InChI=1S/C15H26N2O/c1-13-10-14(2)12-15(11-13)17(3)8-7-16-6-5-9-18-4/h10-12,16H,5-9H2,1-4H3. The first kappa shape index (κ1) is 15.0. The molecule has 3 nitrogen and oxygen atoms in total. The van der Waals surface area contributed by atoms with E-state index in [1.807, 2.05) is 0 Å². The van der Waals surface area contributed by atoms with Crippen LogP contribution in [-0.4, -0.2) is 40.4 Å². The van der Waals surface area contributed by atoms with E-state index in [0.717, 1.165) is 32.7 Å². The van der Waals surface area contributed by atoms with Crippen molar-refractivity contribution in [2.45, 2.75) is 20.3 Å². The number of likely N-dealkylation sites (N-methyl/N-ethyl adjacent to an activating group) is 1. The highest BCUT2D eigenvalue weighted by atomic mass is 16.5. The second kappa shape index (κ2) is 8.11. The maximum absolute atomic E-state index is 5.01. The monoisotopic (exact) mass is 250 g/mol. The van der Waals surface area contributed by atoms with E-state index in [2.05, 4.69) is 49.3 Å². The minimum Gasteiger partial charge on any atom is -0.385 e. The van der Waals surface area contributed by atoms with E-state index >= 15 is 0 Å². The highest BCUT2D eigenvalue weighted by molar-refractivity contribution is 5.50. The Morgan fingerprint density at radius 3 is 2.39 bits per heavy atom. The quantitative estimate of drug-likeness (QED) is 0.717. The molecule has 0 aliphatic rings. The zero-order valence-electron chi connectivity index (χ0n) is 12.1. The zero-order valence-corrected chi connectivity index (χ0v) is 12.1. The van der Waals surface area contributed by atoms with E-state index < -0.39 is 0 Å². The van der Waals surface area contributed by atoms with Crippen molar-refractivity contribution in [2.75, 3.05) is 45.3 Å². The van der Waals surface area contributed by atoms with Crippen LogP contribution >= 0.6 is 0 Å². The molecule has 0 aliphatic heterocycles. The largest absolute Gasteiger partial charge is 0.385 e. The molecule has 1 aromatic carbocycles. The highest BCUT2D eigenvalue weighted by Gasteiger charge is 2.01. The number of nitrogens with zero attached hydrogens (tertiary/aromatic N) is 1. The van der Waals surface area contributed by atoms with Crippen LogP contribution < -0.4 is 10.2 Å². The van der Waals surface area contributed by atoms with Crippen LogP contribution in [0, 0.1) is 13.8 Å². The van der Waals surface area contributed by atoms with Gasteiger partial charge in [0.15, 0.2) is 0 Å². The molecule has 0 radical (unpaired) electrons. The molecule has 0 amide bonds. The summed E-state index contributed by atoms with van der Waals surface area (Å²) in [7, 11) is 3.89. The van der Waals surface area contributed by atoms with Crippen molar-refractivity contribution in [3.05, 3.63) is 29.3 Å². The van der Waals surface area contributed by atoms with Gasteiger partial charge in [-0.2, -0.15) is 0 Å². The Morgan fingerprint density at radius 1 is 1.11 bits per heavy atom. The summed E-state index contributed by atoms with van der Waals surface area (Å²) in [5, 5.41) is 3.43. The minimum atomic E-state index is 0.833. The van der Waals surface area contributed by atoms with Gasteiger partial charge in [-0.05, 0) is 50.1 Å². The van der Waals surface area contributed by atoms with Crippen molar-refractivity contribution in [1.29, 1.82) is 0 Å². The van der Waals surface area contributed by atoms with Gasteiger partial charge in [-0.15, -0.1) is 0 Å². The topological polar surface area (TPSA) is 24.5 Å². The molecular formula is C15H26N2O. The Morgan fingerprint density at radius 2 is 1.78 bits per heavy atom. The van der Waals surface area contributed by atoms with E-state index in [0.29, 0.717) is 0 Å². The summed E-state index contributed by atoms with van der Waals surface area (Å²) in [6.45, 7) is 8.18. The first-order valence-corrected chi connectivity index (χ1v) is 6.62. The van der Waals surface area contributed by atoms with Gasteiger partial charge < -0.3 is 15.0 Å². The minimum absolute atomic E-state index is 0.833. The molecule has 0 aromatic heterocycles. The normalized spacial score (nSPS) is 10.7. The maximum atomic E-state index is 5.01. The van der Waals surface area contributed by atoms with Gasteiger partial charge in [0, 0.05) is 39.5 Å². The van der Waals surface area contributed by atoms with Crippen molar-refractivity contribution in [1.82, 2.24) is 5.32 Å². The van der Waals surface area contributed by atoms with Crippen LogP contribution in [0.5, 0.6) is 0 Å². The van der Waals surface area contributed by atoms with Gasteiger partial charge in [-0.3, -0.25) is 0 Å². The number of rotatable bonds is 8. The Hall–Kier alpha value is -1.06. The Bertz CT molecular complexity index is 332. The SMILES string of the molecule is COCCCNCCN(C)c1cc(C)cc(C)c1. The summed E-state index contributed by atoms with van der Waals surface area (Å²) in [5.41, 5.74) is 3.95. The second-order valence-corrected chi connectivity index (χ2v) is 4.86. The van der Waals surface area contributed by atoms with E-state index in [1.54, 1.807) is 7.11 Å². The molecule has 0 unspecified atom stereocenters. The number of ether oxygens (including phenoxy) is 1. The average Bonchev–Trinajstić information content (AvgIpc) is 2.32. The first-order valence-electron chi connectivity index (χ1n) is 6.62. The van der Waals surface area contributed by atoms with E-state index in [-0.39, 0.29) is 0 Å². The summed E-state index contributed by atoms with van der Waals surface area (Å²) in [5.74, 6) is 0. The van der Waals surface area contributed by atoms with Crippen molar-refractivity contribution in [2.24, 2.45) is 0 Å². The van der Waals surface area contributed by atoms with Gasteiger partial charge in [0.1, 0.15) is 0 Å². The van der Waals surface area contributed by atoms with E-state index in [1.165, 1.54) is 16.8 Å². The molecule has 0 bridgehead atoms. The number of nitrogens with one attached hydrogen (secondary N) is 1. The van der Waals surface area contributed by atoms with Crippen LogP contribution in [-0.2, 0) is 4.74 Å². The fourth-order valence-corrected chi connectivity index (χ4v) is 2.01. The Kier molecular flexibility index (Phi) is 6.76. The summed E-state index contributed by atoms with van der Waals surface area (Å²) >= 11 is 0. The van der Waals surface area contributed by atoms with Crippen LogP contribution in [0.1, 0.15) is 17.5 Å². The van der Waals surface area contributed by atoms with Crippen molar-refractivity contribution >= 4 is 5.69 Å². The van der Waals surface area contributed by atoms with Gasteiger partial charge in [-0.1, -0.05) is 6.07 Å². The molecule has 3 heteroatoms.